The first-order valence-corrected chi connectivity index (χ1v) is 7.65. The van der Waals surface area contributed by atoms with Crippen LogP contribution in [-0.4, -0.2) is 29.7 Å². The molecule has 1 aromatic heterocycles. The van der Waals surface area contributed by atoms with Crippen molar-refractivity contribution in [1.82, 2.24) is 9.78 Å². The summed E-state index contributed by atoms with van der Waals surface area (Å²) in [5.74, 6) is 0.469. The maximum atomic E-state index is 11.5. The molecule has 1 fully saturated rings. The summed E-state index contributed by atoms with van der Waals surface area (Å²) in [6.45, 7) is 5.81. The summed E-state index contributed by atoms with van der Waals surface area (Å²) in [5.41, 5.74) is 8.85. The standard InChI is InChI=1S/C11H19N3O2S/c1-7(12)11-8(2)13-14(9(11)3)10-4-5-17(15,16)6-10/h7,10H,4-6,12H2,1-3H3. The highest BCUT2D eigenvalue weighted by atomic mass is 32.2. The Morgan fingerprint density at radius 3 is 2.53 bits per heavy atom. The van der Waals surface area contributed by atoms with Crippen LogP contribution in [0.15, 0.2) is 0 Å². The van der Waals surface area contributed by atoms with Gasteiger partial charge in [0.1, 0.15) is 0 Å². The van der Waals surface area contributed by atoms with Gasteiger partial charge in [0.05, 0.1) is 23.2 Å². The molecule has 0 saturated carbocycles. The quantitative estimate of drug-likeness (QED) is 0.853. The summed E-state index contributed by atoms with van der Waals surface area (Å²) in [6, 6.07) is -0.0899. The lowest BCUT2D eigenvalue weighted by Crippen LogP contribution is -2.14. The van der Waals surface area contributed by atoms with Gasteiger partial charge < -0.3 is 5.73 Å². The molecule has 0 amide bonds. The SMILES string of the molecule is Cc1nn(C2CCS(=O)(=O)C2)c(C)c1C(C)N. The number of hydrogen-bond donors (Lipinski definition) is 1. The van der Waals surface area contributed by atoms with Crippen LogP contribution in [-0.2, 0) is 9.84 Å². The Balaban J connectivity index is 2.38. The van der Waals surface area contributed by atoms with E-state index in [9.17, 15) is 8.42 Å². The molecule has 6 heteroatoms. The van der Waals surface area contributed by atoms with E-state index in [2.05, 4.69) is 5.10 Å². The van der Waals surface area contributed by atoms with E-state index in [0.29, 0.717) is 6.42 Å². The lowest BCUT2D eigenvalue weighted by Gasteiger charge is -2.12. The minimum Gasteiger partial charge on any atom is -0.324 e. The van der Waals surface area contributed by atoms with Gasteiger partial charge in [0.15, 0.2) is 9.84 Å². The number of aryl methyl sites for hydroxylation is 1. The van der Waals surface area contributed by atoms with Crippen molar-refractivity contribution in [3.05, 3.63) is 17.0 Å². The fraction of sp³-hybridized carbons (Fsp3) is 0.727. The van der Waals surface area contributed by atoms with Crippen molar-refractivity contribution >= 4 is 9.84 Å². The van der Waals surface area contributed by atoms with Crippen LogP contribution < -0.4 is 5.73 Å². The van der Waals surface area contributed by atoms with Crippen LogP contribution in [0.2, 0.25) is 0 Å². The fourth-order valence-electron chi connectivity index (χ4n) is 2.66. The Labute approximate surface area is 102 Å². The summed E-state index contributed by atoms with van der Waals surface area (Å²) in [6.07, 6.45) is 0.655. The molecule has 2 heterocycles. The van der Waals surface area contributed by atoms with Gasteiger partial charge in [-0.15, -0.1) is 0 Å². The van der Waals surface area contributed by atoms with E-state index in [4.69, 9.17) is 5.73 Å². The van der Waals surface area contributed by atoms with Crippen molar-refractivity contribution in [3.63, 3.8) is 0 Å². The molecule has 1 saturated heterocycles. The summed E-state index contributed by atoms with van der Waals surface area (Å²) in [4.78, 5) is 0. The molecule has 0 spiro atoms. The van der Waals surface area contributed by atoms with E-state index in [1.807, 2.05) is 25.5 Å². The number of sulfone groups is 1. The van der Waals surface area contributed by atoms with Gasteiger partial charge in [-0.05, 0) is 27.2 Å². The predicted molar refractivity (Wildman–Crippen MR) is 66.6 cm³/mol. The molecule has 0 radical (unpaired) electrons. The third-order valence-corrected chi connectivity index (χ3v) is 5.14. The number of hydrogen-bond acceptors (Lipinski definition) is 4. The molecule has 96 valence electrons. The highest BCUT2D eigenvalue weighted by Crippen LogP contribution is 2.28. The Hall–Kier alpha value is -0.880. The van der Waals surface area contributed by atoms with Crippen molar-refractivity contribution in [2.45, 2.75) is 39.3 Å². The average Bonchev–Trinajstić information content (AvgIpc) is 2.67. The lowest BCUT2D eigenvalue weighted by molar-refractivity contribution is 0.485. The molecule has 5 nitrogen and oxygen atoms in total. The molecule has 2 N–H and O–H groups in total. The number of nitrogens with zero attached hydrogens (tertiary/aromatic N) is 2. The molecule has 0 aromatic carbocycles. The Kier molecular flexibility index (Phi) is 3.03. The second kappa shape index (κ2) is 4.10. The van der Waals surface area contributed by atoms with E-state index in [0.717, 1.165) is 17.0 Å². The third-order valence-electron chi connectivity index (χ3n) is 3.39. The van der Waals surface area contributed by atoms with E-state index >= 15 is 0 Å². The largest absolute Gasteiger partial charge is 0.324 e. The van der Waals surface area contributed by atoms with Crippen LogP contribution in [0.25, 0.3) is 0 Å². The minimum absolute atomic E-state index is 0.0220. The molecule has 1 aliphatic rings. The normalized spacial score (nSPS) is 25.1. The van der Waals surface area contributed by atoms with Crippen molar-refractivity contribution < 1.29 is 8.42 Å². The van der Waals surface area contributed by atoms with E-state index in [1.54, 1.807) is 0 Å². The molecule has 0 bridgehead atoms. The van der Waals surface area contributed by atoms with E-state index in [-0.39, 0.29) is 23.6 Å². The van der Waals surface area contributed by atoms with Gasteiger partial charge in [0.25, 0.3) is 0 Å². The first-order chi connectivity index (χ1) is 7.82. The molecule has 1 aromatic rings. The van der Waals surface area contributed by atoms with Gasteiger partial charge in [-0.25, -0.2) is 8.42 Å². The summed E-state index contributed by atoms with van der Waals surface area (Å²) in [7, 11) is -2.88. The van der Waals surface area contributed by atoms with Gasteiger partial charge in [-0.1, -0.05) is 0 Å². The molecule has 17 heavy (non-hydrogen) atoms. The van der Waals surface area contributed by atoms with Crippen molar-refractivity contribution in [3.8, 4) is 0 Å². The number of rotatable bonds is 2. The first-order valence-electron chi connectivity index (χ1n) is 5.83. The van der Waals surface area contributed by atoms with Crippen molar-refractivity contribution in [2.75, 3.05) is 11.5 Å². The van der Waals surface area contributed by atoms with Gasteiger partial charge >= 0.3 is 0 Å². The van der Waals surface area contributed by atoms with Crippen LogP contribution in [0.5, 0.6) is 0 Å². The van der Waals surface area contributed by atoms with E-state index in [1.165, 1.54) is 0 Å². The van der Waals surface area contributed by atoms with Gasteiger partial charge in [0.2, 0.25) is 0 Å². The van der Waals surface area contributed by atoms with Crippen molar-refractivity contribution in [2.24, 2.45) is 5.73 Å². The monoisotopic (exact) mass is 257 g/mol. The zero-order valence-corrected chi connectivity index (χ0v) is 11.3. The Bertz CT molecular complexity index is 531. The highest BCUT2D eigenvalue weighted by Gasteiger charge is 2.31. The van der Waals surface area contributed by atoms with Crippen LogP contribution in [0.1, 0.15) is 42.4 Å². The average molecular weight is 257 g/mol. The third kappa shape index (κ3) is 2.24. The van der Waals surface area contributed by atoms with E-state index < -0.39 is 9.84 Å². The number of nitrogens with two attached hydrogens (primary N) is 1. The van der Waals surface area contributed by atoms with Crippen LogP contribution in [0, 0.1) is 13.8 Å². The van der Waals surface area contributed by atoms with Crippen LogP contribution in [0.3, 0.4) is 0 Å². The van der Waals surface area contributed by atoms with Gasteiger partial charge in [-0.3, -0.25) is 4.68 Å². The van der Waals surface area contributed by atoms with Gasteiger partial charge in [0, 0.05) is 17.3 Å². The molecule has 2 unspecified atom stereocenters. The molecule has 2 rings (SSSR count). The zero-order valence-electron chi connectivity index (χ0n) is 10.5. The second-order valence-corrected chi connectivity index (χ2v) is 7.10. The predicted octanol–water partition coefficient (Wildman–Crippen LogP) is 0.879. The smallest absolute Gasteiger partial charge is 0.152 e. The maximum absolute atomic E-state index is 11.5. The summed E-state index contributed by atoms with van der Waals surface area (Å²) < 4.78 is 24.8. The summed E-state index contributed by atoms with van der Waals surface area (Å²) >= 11 is 0. The second-order valence-electron chi connectivity index (χ2n) is 4.87. The zero-order chi connectivity index (χ0) is 12.8. The fourth-order valence-corrected chi connectivity index (χ4v) is 4.35. The molecule has 0 aliphatic carbocycles. The van der Waals surface area contributed by atoms with Crippen molar-refractivity contribution in [1.29, 1.82) is 0 Å². The number of aromatic nitrogens is 2. The van der Waals surface area contributed by atoms with Gasteiger partial charge in [-0.2, -0.15) is 5.10 Å². The first kappa shape index (κ1) is 12.6. The molecular weight excluding hydrogens is 238 g/mol. The lowest BCUT2D eigenvalue weighted by atomic mass is 10.1. The van der Waals surface area contributed by atoms with Crippen LogP contribution >= 0.6 is 0 Å². The molecule has 1 aliphatic heterocycles. The van der Waals surface area contributed by atoms with Crippen LogP contribution in [0.4, 0.5) is 0 Å². The Morgan fingerprint density at radius 1 is 1.47 bits per heavy atom. The Morgan fingerprint density at radius 2 is 2.12 bits per heavy atom. The minimum atomic E-state index is -2.88. The summed E-state index contributed by atoms with van der Waals surface area (Å²) in [5, 5.41) is 4.45. The molecule has 2 atom stereocenters. The maximum Gasteiger partial charge on any atom is 0.152 e. The highest BCUT2D eigenvalue weighted by molar-refractivity contribution is 7.91. The topological polar surface area (TPSA) is 78.0 Å². The molecular formula is C11H19N3O2S.